The number of rotatable bonds is 12. The zero-order chi connectivity index (χ0) is 20.3. The number of methoxy groups -OCH3 is 1. The molecule has 0 saturated heterocycles. The van der Waals surface area contributed by atoms with Gasteiger partial charge in [0.05, 0.1) is 25.4 Å². The second-order valence-corrected chi connectivity index (χ2v) is 6.47. The number of hydrogen-bond acceptors (Lipinski definition) is 8. The molecule has 0 rings (SSSR count). The van der Waals surface area contributed by atoms with Gasteiger partial charge in [-0.05, 0) is 34.6 Å². The largest absolute Gasteiger partial charge is 0.462 e. The first kappa shape index (κ1) is 24.0. The summed E-state index contributed by atoms with van der Waals surface area (Å²) in [6.07, 6.45) is -2.11. The van der Waals surface area contributed by atoms with Crippen molar-refractivity contribution in [3.05, 3.63) is 0 Å². The van der Waals surface area contributed by atoms with E-state index in [1.807, 2.05) is 0 Å². The quantitative estimate of drug-likeness (QED) is 0.377. The first-order chi connectivity index (χ1) is 12.0. The molecule has 0 aliphatic heterocycles. The molecule has 0 saturated carbocycles. The van der Waals surface area contributed by atoms with E-state index in [-0.39, 0.29) is 37.6 Å². The van der Waals surface area contributed by atoms with E-state index in [2.05, 4.69) is 0 Å². The predicted octanol–water partition coefficient (Wildman–Crippen LogP) is 1.97. The van der Waals surface area contributed by atoms with Crippen LogP contribution in [0.2, 0.25) is 0 Å². The van der Waals surface area contributed by atoms with Crippen LogP contribution in [-0.2, 0) is 38.1 Å². The molecule has 26 heavy (non-hydrogen) atoms. The van der Waals surface area contributed by atoms with Gasteiger partial charge in [-0.25, -0.2) is 0 Å². The maximum absolute atomic E-state index is 11.8. The van der Waals surface area contributed by atoms with Crippen LogP contribution < -0.4 is 0 Å². The molecule has 4 atom stereocenters. The fraction of sp³-hybridized carbons (Fsp3) is 0.778. The van der Waals surface area contributed by atoms with Gasteiger partial charge in [0.1, 0.15) is 24.1 Å². The highest BCUT2D eigenvalue weighted by atomic mass is 16.6. The van der Waals surface area contributed by atoms with Crippen molar-refractivity contribution in [2.45, 2.75) is 84.7 Å². The second-order valence-electron chi connectivity index (χ2n) is 6.47. The lowest BCUT2D eigenvalue weighted by atomic mass is 10.2. The molecule has 0 aliphatic carbocycles. The molecule has 0 N–H and O–H groups in total. The molecule has 0 aromatic rings. The summed E-state index contributed by atoms with van der Waals surface area (Å²) < 4.78 is 20.2. The van der Waals surface area contributed by atoms with Crippen molar-refractivity contribution in [3.8, 4) is 0 Å². The van der Waals surface area contributed by atoms with Crippen LogP contribution in [0.3, 0.4) is 0 Å². The average molecular weight is 374 g/mol. The molecule has 0 amide bonds. The minimum Gasteiger partial charge on any atom is -0.462 e. The highest BCUT2D eigenvalue weighted by molar-refractivity contribution is 5.77. The Balaban J connectivity index is 4.15. The van der Waals surface area contributed by atoms with E-state index in [9.17, 15) is 19.2 Å². The van der Waals surface area contributed by atoms with Gasteiger partial charge in [0.25, 0.3) is 0 Å². The molecule has 0 unspecified atom stereocenters. The minimum absolute atomic E-state index is 0.0757. The van der Waals surface area contributed by atoms with Crippen molar-refractivity contribution in [2.24, 2.45) is 0 Å². The number of ether oxygens (including phenoxy) is 4. The third-order valence-electron chi connectivity index (χ3n) is 3.34. The summed E-state index contributed by atoms with van der Waals surface area (Å²) in [4.78, 5) is 46.1. The van der Waals surface area contributed by atoms with E-state index >= 15 is 0 Å². The summed E-state index contributed by atoms with van der Waals surface area (Å²) in [7, 11) is 1.49. The Kier molecular flexibility index (Phi) is 11.5. The Morgan fingerprint density at radius 2 is 0.923 bits per heavy atom. The van der Waals surface area contributed by atoms with Gasteiger partial charge in [0, 0.05) is 13.5 Å². The van der Waals surface area contributed by atoms with E-state index < -0.39 is 36.2 Å². The van der Waals surface area contributed by atoms with Crippen LogP contribution in [-0.4, -0.2) is 55.2 Å². The van der Waals surface area contributed by atoms with Crippen LogP contribution in [0.15, 0.2) is 0 Å². The summed E-state index contributed by atoms with van der Waals surface area (Å²) in [6.45, 7) is 7.91. The van der Waals surface area contributed by atoms with Gasteiger partial charge in [-0.3, -0.25) is 19.2 Å². The highest BCUT2D eigenvalue weighted by Crippen LogP contribution is 2.09. The average Bonchev–Trinajstić information content (AvgIpc) is 2.44. The monoisotopic (exact) mass is 374 g/mol. The molecule has 8 nitrogen and oxygen atoms in total. The van der Waals surface area contributed by atoms with Crippen molar-refractivity contribution in [1.82, 2.24) is 0 Å². The van der Waals surface area contributed by atoms with Crippen LogP contribution in [0.25, 0.3) is 0 Å². The highest BCUT2D eigenvalue weighted by Gasteiger charge is 2.21. The van der Waals surface area contributed by atoms with Crippen LogP contribution in [0, 0.1) is 0 Å². The van der Waals surface area contributed by atoms with Crippen LogP contribution in [0.5, 0.6) is 0 Å². The molecule has 0 aromatic heterocycles. The molecule has 0 heterocycles. The fourth-order valence-corrected chi connectivity index (χ4v) is 2.13. The molecule has 0 aliphatic rings. The maximum Gasteiger partial charge on any atom is 0.309 e. The van der Waals surface area contributed by atoms with Crippen LogP contribution in [0.1, 0.15) is 60.3 Å². The van der Waals surface area contributed by atoms with E-state index in [0.29, 0.717) is 0 Å². The number of ketones is 1. The second kappa shape index (κ2) is 12.4. The molecule has 0 bridgehead atoms. The van der Waals surface area contributed by atoms with Gasteiger partial charge in [-0.15, -0.1) is 0 Å². The summed E-state index contributed by atoms with van der Waals surface area (Å²) >= 11 is 0. The first-order valence-corrected chi connectivity index (χ1v) is 8.64. The Morgan fingerprint density at radius 1 is 0.615 bits per heavy atom. The minimum atomic E-state index is -0.684. The van der Waals surface area contributed by atoms with Crippen LogP contribution >= 0.6 is 0 Å². The summed E-state index contributed by atoms with van der Waals surface area (Å²) in [5.41, 5.74) is 0. The standard InChI is InChI=1S/C18H30O8/c1-11(19)7-13(3)24-17(21)9-15(5)26-18(22)10-14(4)25-16(20)8-12(2)23-6/h12-15H,7-10H2,1-6H3/t12-,13-,14+,15-/m1/s1. The van der Waals surface area contributed by atoms with Crippen molar-refractivity contribution in [1.29, 1.82) is 0 Å². The predicted molar refractivity (Wildman–Crippen MR) is 92.3 cm³/mol. The molecular weight excluding hydrogens is 344 g/mol. The maximum atomic E-state index is 11.8. The molecule has 0 radical (unpaired) electrons. The molecule has 0 aromatic carbocycles. The fourth-order valence-electron chi connectivity index (χ4n) is 2.13. The van der Waals surface area contributed by atoms with E-state index in [4.69, 9.17) is 18.9 Å². The molecule has 0 fully saturated rings. The third-order valence-corrected chi connectivity index (χ3v) is 3.34. The third kappa shape index (κ3) is 12.4. The zero-order valence-corrected chi connectivity index (χ0v) is 16.4. The zero-order valence-electron chi connectivity index (χ0n) is 16.4. The Labute approximate surface area is 154 Å². The summed E-state index contributed by atoms with van der Waals surface area (Å²) in [6, 6.07) is 0. The number of carbonyl (C=O) groups excluding carboxylic acids is 4. The van der Waals surface area contributed by atoms with Crippen molar-refractivity contribution < 1.29 is 38.1 Å². The Bertz CT molecular complexity index is 488. The Morgan fingerprint density at radius 3 is 1.23 bits per heavy atom. The van der Waals surface area contributed by atoms with E-state index in [1.165, 1.54) is 14.0 Å². The van der Waals surface area contributed by atoms with Crippen molar-refractivity contribution in [3.63, 3.8) is 0 Å². The van der Waals surface area contributed by atoms with Gasteiger partial charge < -0.3 is 18.9 Å². The van der Waals surface area contributed by atoms with Gasteiger partial charge in [0.15, 0.2) is 0 Å². The van der Waals surface area contributed by atoms with Crippen molar-refractivity contribution >= 4 is 23.7 Å². The summed E-state index contributed by atoms with van der Waals surface area (Å²) in [5, 5.41) is 0. The smallest absolute Gasteiger partial charge is 0.309 e. The first-order valence-electron chi connectivity index (χ1n) is 8.64. The molecular formula is C18H30O8. The van der Waals surface area contributed by atoms with Gasteiger partial charge in [0.2, 0.25) is 0 Å². The Hall–Kier alpha value is -1.96. The lowest BCUT2D eigenvalue weighted by Crippen LogP contribution is -2.26. The lowest BCUT2D eigenvalue weighted by Gasteiger charge is -2.17. The molecule has 150 valence electrons. The topological polar surface area (TPSA) is 105 Å². The molecule has 8 heteroatoms. The van der Waals surface area contributed by atoms with E-state index in [1.54, 1.807) is 27.7 Å². The number of hydrogen-bond donors (Lipinski definition) is 0. The number of Topliss-reactive ketones (excluding diaryl/α,β-unsaturated/α-hetero) is 1. The number of esters is 3. The SMILES string of the molecule is CO[C@H](C)CC(=O)O[C@@H](C)CC(=O)O[C@H](C)CC(=O)O[C@H](C)CC(C)=O. The summed E-state index contributed by atoms with van der Waals surface area (Å²) in [5.74, 6) is -1.67. The normalized spacial score (nSPS) is 15.3. The van der Waals surface area contributed by atoms with Gasteiger partial charge >= 0.3 is 17.9 Å². The lowest BCUT2D eigenvalue weighted by molar-refractivity contribution is -0.160. The van der Waals surface area contributed by atoms with Gasteiger partial charge in [-0.2, -0.15) is 0 Å². The van der Waals surface area contributed by atoms with E-state index in [0.717, 1.165) is 0 Å². The van der Waals surface area contributed by atoms with Crippen LogP contribution in [0.4, 0.5) is 0 Å². The molecule has 0 spiro atoms. The van der Waals surface area contributed by atoms with Gasteiger partial charge in [-0.1, -0.05) is 0 Å². The number of carbonyl (C=O) groups is 4. The van der Waals surface area contributed by atoms with Crippen molar-refractivity contribution in [2.75, 3.05) is 7.11 Å².